The standard InChI is InChI=1S/C15H20BrNO3/c1-3-10(2)14(15(19)20)17-9-8-13(18)11-4-6-12(16)7-5-11/h4-7,10,14,17H,3,8-9H2,1-2H3,(H,19,20). The molecule has 0 saturated heterocycles. The summed E-state index contributed by atoms with van der Waals surface area (Å²) in [7, 11) is 0. The van der Waals surface area contributed by atoms with Crippen LogP contribution in [0, 0.1) is 5.92 Å². The molecule has 0 aliphatic heterocycles. The lowest BCUT2D eigenvalue weighted by Crippen LogP contribution is -2.94. The zero-order valence-electron chi connectivity index (χ0n) is 11.8. The molecule has 0 fully saturated rings. The number of nitrogens with two attached hydrogens (primary N) is 1. The van der Waals surface area contributed by atoms with Gasteiger partial charge in [0, 0.05) is 16.0 Å². The second-order valence-corrected chi connectivity index (χ2v) is 5.85. The summed E-state index contributed by atoms with van der Waals surface area (Å²) in [6.45, 7) is 4.28. The monoisotopic (exact) mass is 341 g/mol. The van der Waals surface area contributed by atoms with Crippen LogP contribution in [0.4, 0.5) is 0 Å². The van der Waals surface area contributed by atoms with Crippen molar-refractivity contribution in [2.45, 2.75) is 32.7 Å². The number of aliphatic carboxylic acids is 1. The lowest BCUT2D eigenvalue weighted by Gasteiger charge is -2.21. The molecule has 1 rings (SSSR count). The van der Waals surface area contributed by atoms with E-state index in [-0.39, 0.29) is 11.7 Å². The highest BCUT2D eigenvalue weighted by Crippen LogP contribution is 2.11. The Balaban J connectivity index is 2.48. The number of ketones is 1. The molecule has 0 radical (unpaired) electrons. The van der Waals surface area contributed by atoms with E-state index < -0.39 is 12.0 Å². The zero-order valence-corrected chi connectivity index (χ0v) is 13.4. The van der Waals surface area contributed by atoms with Gasteiger partial charge in [-0.3, -0.25) is 4.79 Å². The molecule has 2 N–H and O–H groups in total. The first-order chi connectivity index (χ1) is 9.45. The Labute approximate surface area is 127 Å². The third-order valence-electron chi connectivity index (χ3n) is 3.49. The van der Waals surface area contributed by atoms with Gasteiger partial charge >= 0.3 is 0 Å². The fourth-order valence-electron chi connectivity index (χ4n) is 1.99. The average molecular weight is 342 g/mol. The number of carbonyl (C=O) groups excluding carboxylic acids is 2. The van der Waals surface area contributed by atoms with E-state index in [1.54, 1.807) is 17.4 Å². The SMILES string of the molecule is CCC(C)C([NH2+]CCC(=O)c1ccc(Br)cc1)C(=O)[O-]. The summed E-state index contributed by atoms with van der Waals surface area (Å²) in [4.78, 5) is 23.0. The van der Waals surface area contributed by atoms with Crippen molar-refractivity contribution in [2.24, 2.45) is 5.92 Å². The van der Waals surface area contributed by atoms with E-state index in [4.69, 9.17) is 0 Å². The summed E-state index contributed by atoms with van der Waals surface area (Å²) in [5.41, 5.74) is 0.648. The summed E-state index contributed by atoms with van der Waals surface area (Å²) in [6, 6.07) is 6.58. The number of carbonyl (C=O) groups is 2. The minimum Gasteiger partial charge on any atom is -0.544 e. The molecule has 0 amide bonds. The van der Waals surface area contributed by atoms with E-state index in [1.165, 1.54) is 0 Å². The fraction of sp³-hybridized carbons (Fsp3) is 0.467. The maximum atomic E-state index is 11.9. The van der Waals surface area contributed by atoms with Crippen molar-refractivity contribution < 1.29 is 20.0 Å². The van der Waals surface area contributed by atoms with Crippen LogP contribution in [0.5, 0.6) is 0 Å². The molecule has 20 heavy (non-hydrogen) atoms. The van der Waals surface area contributed by atoms with Crippen LogP contribution in [-0.2, 0) is 4.79 Å². The molecule has 0 aliphatic rings. The van der Waals surface area contributed by atoms with Crippen LogP contribution < -0.4 is 10.4 Å². The van der Waals surface area contributed by atoms with Crippen LogP contribution in [0.25, 0.3) is 0 Å². The lowest BCUT2D eigenvalue weighted by molar-refractivity contribution is -0.688. The largest absolute Gasteiger partial charge is 0.544 e. The second kappa shape index (κ2) is 8.17. The summed E-state index contributed by atoms with van der Waals surface area (Å²) in [5, 5.41) is 12.7. The number of rotatable bonds is 8. The molecule has 1 aromatic carbocycles. The number of benzene rings is 1. The molecule has 110 valence electrons. The van der Waals surface area contributed by atoms with Gasteiger partial charge in [-0.15, -0.1) is 0 Å². The van der Waals surface area contributed by atoms with E-state index >= 15 is 0 Å². The van der Waals surface area contributed by atoms with Crippen molar-refractivity contribution in [3.05, 3.63) is 34.3 Å². The smallest absolute Gasteiger partial charge is 0.168 e. The Hall–Kier alpha value is -1.20. The van der Waals surface area contributed by atoms with Crippen LogP contribution >= 0.6 is 15.9 Å². The van der Waals surface area contributed by atoms with Gasteiger partial charge in [0.1, 0.15) is 6.04 Å². The maximum Gasteiger partial charge on any atom is 0.168 e. The molecule has 4 nitrogen and oxygen atoms in total. The molecule has 0 bridgehead atoms. The van der Waals surface area contributed by atoms with E-state index in [1.807, 2.05) is 26.0 Å². The van der Waals surface area contributed by atoms with E-state index in [0.717, 1.165) is 10.9 Å². The quantitative estimate of drug-likeness (QED) is 0.709. The summed E-state index contributed by atoms with van der Waals surface area (Å²) in [5.74, 6) is -1.01. The number of carboxylic acid groups (broad SMARTS) is 1. The molecular weight excluding hydrogens is 322 g/mol. The summed E-state index contributed by atoms with van der Waals surface area (Å²) >= 11 is 3.32. The fourth-order valence-corrected chi connectivity index (χ4v) is 2.25. The number of carboxylic acids is 1. The highest BCUT2D eigenvalue weighted by atomic mass is 79.9. The number of halogens is 1. The lowest BCUT2D eigenvalue weighted by atomic mass is 9.99. The van der Waals surface area contributed by atoms with Gasteiger partial charge in [-0.05, 0) is 18.6 Å². The number of hydrogen-bond donors (Lipinski definition) is 1. The molecule has 5 heteroatoms. The van der Waals surface area contributed by atoms with Crippen molar-refractivity contribution in [3.63, 3.8) is 0 Å². The summed E-state index contributed by atoms with van der Waals surface area (Å²) < 4.78 is 0.925. The van der Waals surface area contributed by atoms with Gasteiger partial charge in [-0.1, -0.05) is 41.9 Å². The van der Waals surface area contributed by atoms with Gasteiger partial charge in [0.05, 0.1) is 18.9 Å². The molecule has 0 saturated carbocycles. The molecule has 0 heterocycles. The molecule has 1 aromatic rings. The topological polar surface area (TPSA) is 73.8 Å². The predicted octanol–water partition coefficient (Wildman–Crippen LogP) is 0.750. The van der Waals surface area contributed by atoms with Gasteiger partial charge < -0.3 is 15.2 Å². The highest BCUT2D eigenvalue weighted by molar-refractivity contribution is 9.10. The Morgan fingerprint density at radius 3 is 2.40 bits per heavy atom. The van der Waals surface area contributed by atoms with Crippen LogP contribution in [0.15, 0.2) is 28.7 Å². The van der Waals surface area contributed by atoms with Crippen LogP contribution in [0.1, 0.15) is 37.0 Å². The number of hydrogen-bond acceptors (Lipinski definition) is 3. The van der Waals surface area contributed by atoms with E-state index in [9.17, 15) is 14.7 Å². The van der Waals surface area contributed by atoms with Crippen molar-refractivity contribution in [2.75, 3.05) is 6.54 Å². The molecular formula is C15H20BrNO3. The first-order valence-electron chi connectivity index (χ1n) is 6.78. The molecule has 0 spiro atoms. The minimum absolute atomic E-state index is 0.0231. The Kier molecular flexibility index (Phi) is 6.88. The predicted molar refractivity (Wildman–Crippen MR) is 78.1 cm³/mol. The second-order valence-electron chi connectivity index (χ2n) is 4.93. The van der Waals surface area contributed by atoms with Gasteiger partial charge in [0.25, 0.3) is 0 Å². The minimum atomic E-state index is -1.06. The first kappa shape index (κ1) is 16.9. The Morgan fingerprint density at radius 2 is 1.90 bits per heavy atom. The van der Waals surface area contributed by atoms with Crippen molar-refractivity contribution in [1.82, 2.24) is 0 Å². The summed E-state index contributed by atoms with van der Waals surface area (Å²) in [6.07, 6.45) is 1.09. The molecule has 2 unspecified atom stereocenters. The Bertz CT molecular complexity index is 459. The highest BCUT2D eigenvalue weighted by Gasteiger charge is 2.20. The maximum absolute atomic E-state index is 11.9. The van der Waals surface area contributed by atoms with Crippen LogP contribution in [0.3, 0.4) is 0 Å². The average Bonchev–Trinajstić information content (AvgIpc) is 2.43. The normalized spacial score (nSPS) is 13.8. The van der Waals surface area contributed by atoms with Crippen molar-refractivity contribution in [1.29, 1.82) is 0 Å². The van der Waals surface area contributed by atoms with Gasteiger partial charge in [-0.2, -0.15) is 0 Å². The van der Waals surface area contributed by atoms with Crippen LogP contribution in [-0.4, -0.2) is 24.3 Å². The number of Topliss-reactive ketones (excluding diaryl/α,β-unsaturated/α-hetero) is 1. The van der Waals surface area contributed by atoms with Gasteiger partial charge in [-0.25, -0.2) is 0 Å². The molecule has 0 aliphatic carbocycles. The molecule has 0 aromatic heterocycles. The van der Waals surface area contributed by atoms with E-state index in [2.05, 4.69) is 15.9 Å². The third-order valence-corrected chi connectivity index (χ3v) is 4.02. The molecule has 2 atom stereocenters. The zero-order chi connectivity index (χ0) is 15.1. The van der Waals surface area contributed by atoms with Crippen LogP contribution in [0.2, 0.25) is 0 Å². The van der Waals surface area contributed by atoms with E-state index in [0.29, 0.717) is 18.5 Å². The van der Waals surface area contributed by atoms with Crippen molar-refractivity contribution in [3.8, 4) is 0 Å². The van der Waals surface area contributed by atoms with Gasteiger partial charge in [0.2, 0.25) is 0 Å². The van der Waals surface area contributed by atoms with Crippen molar-refractivity contribution >= 4 is 27.7 Å². The number of quaternary nitrogens is 1. The third kappa shape index (κ3) is 5.06. The van der Waals surface area contributed by atoms with Gasteiger partial charge in [0.15, 0.2) is 5.78 Å². The Morgan fingerprint density at radius 1 is 1.30 bits per heavy atom. The first-order valence-corrected chi connectivity index (χ1v) is 7.58.